The Balaban J connectivity index is 1.85. The molecule has 1 N–H and O–H groups in total. The molecule has 0 spiro atoms. The molecule has 0 unspecified atom stereocenters. The number of hydrogen-bond donors (Lipinski definition) is 1. The van der Waals surface area contributed by atoms with Crippen molar-refractivity contribution in [3.05, 3.63) is 45.9 Å². The minimum Gasteiger partial charge on any atom is -0.322 e. The second kappa shape index (κ2) is 6.66. The number of hydrogen-bond acceptors (Lipinski definition) is 8. The zero-order valence-electron chi connectivity index (χ0n) is 14.8. The molecule has 4 rings (SSSR count). The van der Waals surface area contributed by atoms with E-state index in [0.717, 1.165) is 37.2 Å². The highest BCUT2D eigenvalue weighted by atomic mass is 32.2. The molecule has 3 heterocycles. The van der Waals surface area contributed by atoms with Gasteiger partial charge in [-0.15, -0.1) is 22.7 Å². The van der Waals surface area contributed by atoms with Crippen LogP contribution in [0.2, 0.25) is 0 Å². The first-order valence-corrected chi connectivity index (χ1v) is 11.7. The molecule has 9 heteroatoms. The van der Waals surface area contributed by atoms with Crippen LogP contribution in [0.5, 0.6) is 0 Å². The molecule has 0 saturated heterocycles. The van der Waals surface area contributed by atoms with Crippen molar-refractivity contribution in [2.45, 2.75) is 18.7 Å². The Bertz CT molecular complexity index is 1260. The molecule has 1 aromatic carbocycles. The molecule has 27 heavy (non-hydrogen) atoms. The molecule has 0 aliphatic rings. The van der Waals surface area contributed by atoms with Gasteiger partial charge in [0, 0.05) is 23.4 Å². The van der Waals surface area contributed by atoms with Crippen LogP contribution in [0.25, 0.3) is 21.3 Å². The number of aryl methyl sites for hydroxylation is 2. The first-order chi connectivity index (χ1) is 12.8. The van der Waals surface area contributed by atoms with Gasteiger partial charge in [0.25, 0.3) is 0 Å². The Hall–Kier alpha value is -2.36. The van der Waals surface area contributed by atoms with Crippen LogP contribution in [0.1, 0.15) is 10.0 Å². The number of sulfone groups is 1. The lowest BCUT2D eigenvalue weighted by molar-refractivity contribution is 0.602. The van der Waals surface area contributed by atoms with Crippen molar-refractivity contribution in [2.24, 2.45) is 0 Å². The number of fused-ring (bicyclic) bond motifs is 1. The monoisotopic (exact) mass is 416 g/mol. The van der Waals surface area contributed by atoms with Crippen LogP contribution in [0.4, 0.5) is 11.6 Å². The average Bonchev–Trinajstić information content (AvgIpc) is 3.20. The fourth-order valence-corrected chi connectivity index (χ4v) is 4.92. The van der Waals surface area contributed by atoms with Gasteiger partial charge >= 0.3 is 0 Å². The first kappa shape index (κ1) is 18.0. The van der Waals surface area contributed by atoms with Gasteiger partial charge in [-0.2, -0.15) is 0 Å². The Morgan fingerprint density at radius 3 is 2.63 bits per heavy atom. The summed E-state index contributed by atoms with van der Waals surface area (Å²) >= 11 is 3.12. The van der Waals surface area contributed by atoms with Crippen LogP contribution in [0.3, 0.4) is 0 Å². The Labute approximate surface area is 164 Å². The smallest absolute Gasteiger partial charge is 0.175 e. The minimum atomic E-state index is -3.28. The third-order valence-electron chi connectivity index (χ3n) is 3.96. The lowest BCUT2D eigenvalue weighted by Crippen LogP contribution is -1.98. The highest BCUT2D eigenvalue weighted by Gasteiger charge is 2.16. The van der Waals surface area contributed by atoms with Crippen molar-refractivity contribution in [1.29, 1.82) is 0 Å². The van der Waals surface area contributed by atoms with E-state index in [1.807, 2.05) is 25.3 Å². The number of rotatable bonds is 4. The molecule has 0 saturated carbocycles. The summed E-state index contributed by atoms with van der Waals surface area (Å²) in [7, 11) is -3.28. The van der Waals surface area contributed by atoms with E-state index >= 15 is 0 Å². The summed E-state index contributed by atoms with van der Waals surface area (Å²) in [6.45, 7) is 3.89. The van der Waals surface area contributed by atoms with Gasteiger partial charge < -0.3 is 5.32 Å². The van der Waals surface area contributed by atoms with Crippen molar-refractivity contribution >= 4 is 54.4 Å². The quantitative estimate of drug-likeness (QED) is 0.524. The van der Waals surface area contributed by atoms with Crippen LogP contribution in [-0.2, 0) is 9.84 Å². The van der Waals surface area contributed by atoms with Gasteiger partial charge in [0.05, 0.1) is 19.6 Å². The lowest BCUT2D eigenvalue weighted by Gasteiger charge is -2.08. The fraction of sp³-hybridized carbons (Fsp3) is 0.167. The van der Waals surface area contributed by atoms with E-state index in [1.54, 1.807) is 47.1 Å². The van der Waals surface area contributed by atoms with Crippen molar-refractivity contribution in [3.8, 4) is 11.1 Å². The molecule has 138 valence electrons. The minimum absolute atomic E-state index is 0.287. The predicted molar refractivity (Wildman–Crippen MR) is 111 cm³/mol. The summed E-state index contributed by atoms with van der Waals surface area (Å²) in [5.41, 5.74) is 2.42. The molecular formula is C18H16N4O2S3. The van der Waals surface area contributed by atoms with E-state index in [-0.39, 0.29) is 4.90 Å². The molecule has 0 aliphatic heterocycles. The molecule has 6 nitrogen and oxygen atoms in total. The van der Waals surface area contributed by atoms with E-state index < -0.39 is 9.84 Å². The van der Waals surface area contributed by atoms with Crippen LogP contribution >= 0.6 is 22.7 Å². The van der Waals surface area contributed by atoms with Gasteiger partial charge in [-0.05, 0) is 31.5 Å². The maximum absolute atomic E-state index is 11.9. The highest BCUT2D eigenvalue weighted by Crippen LogP contribution is 2.37. The van der Waals surface area contributed by atoms with Crippen LogP contribution in [0, 0.1) is 13.8 Å². The maximum atomic E-state index is 11.9. The van der Waals surface area contributed by atoms with Gasteiger partial charge in [-0.1, -0.05) is 12.1 Å². The molecule has 0 amide bonds. The summed E-state index contributed by atoms with van der Waals surface area (Å²) in [6.07, 6.45) is 2.96. The zero-order valence-corrected chi connectivity index (χ0v) is 17.3. The van der Waals surface area contributed by atoms with Crippen LogP contribution in [0.15, 0.2) is 40.7 Å². The van der Waals surface area contributed by atoms with Gasteiger partial charge in [0.1, 0.15) is 11.3 Å². The first-order valence-electron chi connectivity index (χ1n) is 8.07. The van der Waals surface area contributed by atoms with Crippen molar-refractivity contribution < 1.29 is 8.42 Å². The predicted octanol–water partition coefficient (Wildman–Crippen LogP) is 4.58. The Morgan fingerprint density at radius 1 is 1.11 bits per heavy atom. The standard InChI is InChI=1S/C18H16N4O2S3/c1-10-20-15(9-25-10)22-18-16-17(26-11(2)21-16)14(8-19-18)12-5-4-6-13(7-12)27(3,23)24/h4-9H,1-3H3,(H,19,22). The van der Waals surface area contributed by atoms with Crippen LogP contribution in [-0.4, -0.2) is 29.6 Å². The molecule has 0 aliphatic carbocycles. The maximum Gasteiger partial charge on any atom is 0.175 e. The summed E-state index contributed by atoms with van der Waals surface area (Å²) in [6, 6.07) is 6.91. The number of pyridine rings is 1. The number of nitrogens with one attached hydrogen (secondary N) is 1. The molecule has 0 atom stereocenters. The largest absolute Gasteiger partial charge is 0.322 e. The van der Waals surface area contributed by atoms with E-state index in [2.05, 4.69) is 20.3 Å². The van der Waals surface area contributed by atoms with Crippen LogP contribution < -0.4 is 5.32 Å². The zero-order chi connectivity index (χ0) is 19.2. The second-order valence-corrected chi connectivity index (χ2v) is 10.4. The third-order valence-corrected chi connectivity index (χ3v) is 6.85. The topological polar surface area (TPSA) is 84.8 Å². The molecule has 3 aromatic heterocycles. The number of aromatic nitrogens is 3. The van der Waals surface area contributed by atoms with E-state index in [9.17, 15) is 8.42 Å². The van der Waals surface area contributed by atoms with E-state index in [1.165, 1.54) is 6.26 Å². The van der Waals surface area contributed by atoms with Crippen molar-refractivity contribution in [2.75, 3.05) is 11.6 Å². The summed E-state index contributed by atoms with van der Waals surface area (Å²) in [5, 5.41) is 7.05. The van der Waals surface area contributed by atoms with Crippen molar-refractivity contribution in [3.63, 3.8) is 0 Å². The number of anilines is 2. The molecular weight excluding hydrogens is 400 g/mol. The third kappa shape index (κ3) is 3.58. The number of thiazole rings is 2. The Morgan fingerprint density at radius 2 is 1.93 bits per heavy atom. The summed E-state index contributed by atoms with van der Waals surface area (Å²) in [4.78, 5) is 13.9. The van der Waals surface area contributed by atoms with Gasteiger partial charge in [-0.25, -0.2) is 23.4 Å². The van der Waals surface area contributed by atoms with Crippen molar-refractivity contribution in [1.82, 2.24) is 15.0 Å². The fourth-order valence-electron chi connectivity index (χ4n) is 2.75. The molecule has 0 radical (unpaired) electrons. The number of nitrogens with zero attached hydrogens (tertiary/aromatic N) is 3. The normalized spacial score (nSPS) is 11.8. The highest BCUT2D eigenvalue weighted by molar-refractivity contribution is 7.90. The molecule has 0 bridgehead atoms. The summed E-state index contributed by atoms with van der Waals surface area (Å²) in [5.74, 6) is 1.38. The van der Waals surface area contributed by atoms with Gasteiger partial charge in [0.2, 0.25) is 0 Å². The Kier molecular flexibility index (Phi) is 4.45. The molecule has 0 fully saturated rings. The van der Waals surface area contributed by atoms with E-state index in [0.29, 0.717) is 5.82 Å². The van der Waals surface area contributed by atoms with E-state index in [4.69, 9.17) is 0 Å². The summed E-state index contributed by atoms with van der Waals surface area (Å²) < 4.78 is 24.8. The SMILES string of the molecule is Cc1nc(Nc2ncc(-c3cccc(S(C)(=O)=O)c3)c3sc(C)nc23)cs1. The average molecular weight is 417 g/mol. The van der Waals surface area contributed by atoms with Gasteiger partial charge in [-0.3, -0.25) is 0 Å². The van der Waals surface area contributed by atoms with Gasteiger partial charge in [0.15, 0.2) is 15.7 Å². The number of benzene rings is 1. The molecule has 4 aromatic rings. The lowest BCUT2D eigenvalue weighted by atomic mass is 10.1. The second-order valence-electron chi connectivity index (χ2n) is 6.11.